The summed E-state index contributed by atoms with van der Waals surface area (Å²) in [7, 11) is 0. The lowest BCUT2D eigenvalue weighted by atomic mass is 10.1. The molecule has 1 fully saturated rings. The molecule has 1 aromatic carbocycles. The molecule has 1 aliphatic rings. The predicted octanol–water partition coefficient (Wildman–Crippen LogP) is 0.334. The van der Waals surface area contributed by atoms with Crippen molar-refractivity contribution in [3.63, 3.8) is 0 Å². The maximum Gasteiger partial charge on any atom is 0.239 e. The van der Waals surface area contributed by atoms with Crippen LogP contribution in [0.3, 0.4) is 0 Å². The van der Waals surface area contributed by atoms with E-state index in [-0.39, 0.29) is 43.0 Å². The van der Waals surface area contributed by atoms with Gasteiger partial charge in [0.2, 0.25) is 17.8 Å². The summed E-state index contributed by atoms with van der Waals surface area (Å²) in [5, 5.41) is 8.81. The summed E-state index contributed by atoms with van der Waals surface area (Å²) in [5.74, 6) is -2.84. The Labute approximate surface area is 135 Å². The smallest absolute Gasteiger partial charge is 0.239 e. The van der Waals surface area contributed by atoms with Crippen LogP contribution in [0.1, 0.15) is 12.2 Å². The molecular weight excluding hydrogens is 322 g/mol. The number of benzene rings is 1. The SMILES string of the molecule is Nc1n[nH]c(CNC(=O)[C@H]2CC(=O)N(c3ccc(F)c(F)c3)C2)n1. The predicted molar refractivity (Wildman–Crippen MR) is 79.5 cm³/mol. The summed E-state index contributed by atoms with van der Waals surface area (Å²) < 4.78 is 26.3. The van der Waals surface area contributed by atoms with Gasteiger partial charge in [0.15, 0.2) is 11.6 Å². The Hall–Kier alpha value is -3.04. The topological polar surface area (TPSA) is 117 Å². The Kier molecular flexibility index (Phi) is 4.11. The van der Waals surface area contributed by atoms with Gasteiger partial charge < -0.3 is 16.0 Å². The van der Waals surface area contributed by atoms with Crippen molar-refractivity contribution in [1.82, 2.24) is 20.5 Å². The number of carbonyl (C=O) groups is 2. The van der Waals surface area contributed by atoms with Crippen molar-refractivity contribution in [2.75, 3.05) is 17.2 Å². The van der Waals surface area contributed by atoms with Crippen LogP contribution in [0.4, 0.5) is 20.4 Å². The van der Waals surface area contributed by atoms with Crippen LogP contribution < -0.4 is 16.0 Å². The first-order valence-electron chi connectivity index (χ1n) is 7.14. The Morgan fingerprint density at radius 3 is 2.88 bits per heavy atom. The van der Waals surface area contributed by atoms with Crippen molar-refractivity contribution in [2.45, 2.75) is 13.0 Å². The fourth-order valence-electron chi connectivity index (χ4n) is 2.49. The van der Waals surface area contributed by atoms with Gasteiger partial charge in [-0.3, -0.25) is 14.7 Å². The molecule has 0 radical (unpaired) electrons. The van der Waals surface area contributed by atoms with Crippen LogP contribution in [-0.2, 0) is 16.1 Å². The molecule has 10 heteroatoms. The zero-order chi connectivity index (χ0) is 17.3. The molecule has 24 heavy (non-hydrogen) atoms. The highest BCUT2D eigenvalue weighted by Crippen LogP contribution is 2.26. The van der Waals surface area contributed by atoms with Gasteiger partial charge in [-0.25, -0.2) is 8.78 Å². The number of aromatic nitrogens is 3. The molecule has 0 spiro atoms. The van der Waals surface area contributed by atoms with Gasteiger partial charge in [-0.15, -0.1) is 5.10 Å². The fourth-order valence-corrected chi connectivity index (χ4v) is 2.49. The van der Waals surface area contributed by atoms with Crippen LogP contribution in [0.2, 0.25) is 0 Å². The normalized spacial score (nSPS) is 17.3. The Balaban J connectivity index is 1.63. The van der Waals surface area contributed by atoms with Crippen molar-refractivity contribution in [3.8, 4) is 0 Å². The second-order valence-corrected chi connectivity index (χ2v) is 5.36. The van der Waals surface area contributed by atoms with E-state index < -0.39 is 17.6 Å². The highest BCUT2D eigenvalue weighted by atomic mass is 19.2. The zero-order valence-corrected chi connectivity index (χ0v) is 12.4. The number of amides is 2. The van der Waals surface area contributed by atoms with Crippen LogP contribution in [-0.4, -0.2) is 33.5 Å². The van der Waals surface area contributed by atoms with E-state index in [1.54, 1.807) is 0 Å². The highest BCUT2D eigenvalue weighted by molar-refractivity contribution is 6.00. The summed E-state index contributed by atoms with van der Waals surface area (Å²) in [6.07, 6.45) is -0.0105. The van der Waals surface area contributed by atoms with Crippen LogP contribution in [0.15, 0.2) is 18.2 Å². The number of halogens is 2. The first-order chi connectivity index (χ1) is 11.4. The lowest BCUT2D eigenvalue weighted by Gasteiger charge is -2.16. The summed E-state index contributed by atoms with van der Waals surface area (Å²) in [6, 6.07) is 3.18. The quantitative estimate of drug-likeness (QED) is 0.744. The van der Waals surface area contributed by atoms with E-state index >= 15 is 0 Å². The minimum Gasteiger partial charge on any atom is -0.367 e. The van der Waals surface area contributed by atoms with Crippen molar-refractivity contribution >= 4 is 23.5 Å². The maximum atomic E-state index is 13.3. The number of hydrogen-bond acceptors (Lipinski definition) is 5. The van der Waals surface area contributed by atoms with Crippen LogP contribution >= 0.6 is 0 Å². The maximum absolute atomic E-state index is 13.3. The lowest BCUT2D eigenvalue weighted by Crippen LogP contribution is -2.33. The average molecular weight is 336 g/mol. The van der Waals surface area contributed by atoms with E-state index in [0.717, 1.165) is 12.1 Å². The number of H-pyrrole nitrogens is 1. The molecule has 0 aliphatic carbocycles. The molecule has 2 amide bonds. The van der Waals surface area contributed by atoms with Crippen molar-refractivity contribution in [3.05, 3.63) is 35.7 Å². The third-order valence-corrected chi connectivity index (χ3v) is 3.69. The van der Waals surface area contributed by atoms with Crippen molar-refractivity contribution in [2.24, 2.45) is 5.92 Å². The number of carbonyl (C=O) groups excluding carboxylic acids is 2. The molecule has 4 N–H and O–H groups in total. The Morgan fingerprint density at radius 1 is 1.42 bits per heavy atom. The Morgan fingerprint density at radius 2 is 2.21 bits per heavy atom. The van der Waals surface area contributed by atoms with Gasteiger partial charge in [0.1, 0.15) is 5.82 Å². The van der Waals surface area contributed by atoms with Gasteiger partial charge in [-0.05, 0) is 12.1 Å². The Bertz CT molecular complexity index is 793. The second-order valence-electron chi connectivity index (χ2n) is 5.36. The molecule has 2 aromatic rings. The third-order valence-electron chi connectivity index (χ3n) is 3.69. The number of aromatic amines is 1. The van der Waals surface area contributed by atoms with Crippen LogP contribution in [0.25, 0.3) is 0 Å². The van der Waals surface area contributed by atoms with E-state index in [9.17, 15) is 18.4 Å². The van der Waals surface area contributed by atoms with E-state index in [0.29, 0.717) is 5.82 Å². The lowest BCUT2D eigenvalue weighted by molar-refractivity contribution is -0.126. The molecule has 126 valence electrons. The molecule has 1 saturated heterocycles. The molecule has 3 rings (SSSR count). The van der Waals surface area contributed by atoms with Gasteiger partial charge in [0.05, 0.1) is 12.5 Å². The standard InChI is InChI=1S/C14H14F2N6O2/c15-9-2-1-8(4-10(9)16)22-6-7(3-12(22)23)13(24)18-5-11-19-14(17)21-20-11/h1-2,4,7H,3,5-6H2,(H,18,24)(H3,17,19,20,21)/t7-/m0/s1. The number of nitrogens with one attached hydrogen (secondary N) is 2. The number of rotatable bonds is 4. The molecule has 2 heterocycles. The number of anilines is 2. The van der Waals surface area contributed by atoms with Crippen LogP contribution in [0, 0.1) is 17.6 Å². The van der Waals surface area contributed by atoms with Gasteiger partial charge in [-0.1, -0.05) is 0 Å². The minimum absolute atomic E-state index is 0.0105. The molecule has 0 saturated carbocycles. The molecule has 0 unspecified atom stereocenters. The van der Waals surface area contributed by atoms with E-state index in [2.05, 4.69) is 20.5 Å². The second kappa shape index (κ2) is 6.22. The zero-order valence-electron chi connectivity index (χ0n) is 12.4. The molecule has 8 nitrogen and oxygen atoms in total. The summed E-state index contributed by atoms with van der Waals surface area (Å²) in [6.45, 7) is 0.188. The van der Waals surface area contributed by atoms with Gasteiger partial charge in [0.25, 0.3) is 0 Å². The summed E-state index contributed by atoms with van der Waals surface area (Å²) >= 11 is 0. The number of nitrogens with two attached hydrogens (primary N) is 1. The van der Waals surface area contributed by atoms with E-state index in [1.165, 1.54) is 11.0 Å². The highest BCUT2D eigenvalue weighted by Gasteiger charge is 2.35. The van der Waals surface area contributed by atoms with E-state index in [1.807, 2.05) is 0 Å². The molecule has 0 bridgehead atoms. The largest absolute Gasteiger partial charge is 0.367 e. The molecular formula is C14H14F2N6O2. The van der Waals surface area contributed by atoms with Crippen molar-refractivity contribution < 1.29 is 18.4 Å². The van der Waals surface area contributed by atoms with Crippen LogP contribution in [0.5, 0.6) is 0 Å². The summed E-state index contributed by atoms with van der Waals surface area (Å²) in [4.78, 5) is 29.3. The van der Waals surface area contributed by atoms with E-state index in [4.69, 9.17) is 5.73 Å². The monoisotopic (exact) mass is 336 g/mol. The van der Waals surface area contributed by atoms with Gasteiger partial charge in [-0.2, -0.15) is 4.98 Å². The minimum atomic E-state index is -1.05. The number of nitrogens with zero attached hydrogens (tertiary/aromatic N) is 3. The third kappa shape index (κ3) is 3.16. The number of hydrogen-bond donors (Lipinski definition) is 3. The summed E-state index contributed by atoms with van der Waals surface area (Å²) in [5.41, 5.74) is 5.58. The van der Waals surface area contributed by atoms with Crippen molar-refractivity contribution in [1.29, 1.82) is 0 Å². The van der Waals surface area contributed by atoms with Gasteiger partial charge >= 0.3 is 0 Å². The molecule has 1 aromatic heterocycles. The fraction of sp³-hybridized carbons (Fsp3) is 0.286. The average Bonchev–Trinajstić information content (AvgIpc) is 3.14. The molecule has 1 aliphatic heterocycles. The molecule has 1 atom stereocenters. The first-order valence-corrected chi connectivity index (χ1v) is 7.14. The first kappa shape index (κ1) is 15.8. The number of nitrogen functional groups attached to an aromatic ring is 1. The van der Waals surface area contributed by atoms with Gasteiger partial charge in [0, 0.05) is 24.7 Å².